The first-order valence-electron chi connectivity index (χ1n) is 5.12. The predicted octanol–water partition coefficient (Wildman–Crippen LogP) is 1.37. The molecule has 82 valence electrons. The Morgan fingerprint density at radius 1 is 1.57 bits per heavy atom. The quantitative estimate of drug-likeness (QED) is 0.708. The van der Waals surface area contributed by atoms with Crippen LogP contribution in [0.5, 0.6) is 0 Å². The third-order valence-corrected chi connectivity index (χ3v) is 2.64. The fourth-order valence-corrected chi connectivity index (χ4v) is 1.77. The third-order valence-electron chi connectivity index (χ3n) is 2.64. The molecular weight excluding hydrogens is 180 g/mol. The molecule has 1 heterocycles. The van der Waals surface area contributed by atoms with E-state index in [2.05, 4.69) is 5.32 Å². The maximum Gasteiger partial charge on any atom is 0.407 e. The van der Waals surface area contributed by atoms with Gasteiger partial charge in [0, 0.05) is 12.1 Å². The highest BCUT2D eigenvalue weighted by molar-refractivity contribution is 5.66. The number of nitrogens with one attached hydrogen (secondary N) is 1. The Hall–Kier alpha value is -0.770. The van der Waals surface area contributed by atoms with E-state index in [9.17, 15) is 4.79 Å². The summed E-state index contributed by atoms with van der Waals surface area (Å²) in [5.41, 5.74) is -0.297. The van der Waals surface area contributed by atoms with Gasteiger partial charge in [0.15, 0.2) is 0 Å². The Morgan fingerprint density at radius 2 is 2.21 bits per heavy atom. The van der Waals surface area contributed by atoms with Gasteiger partial charge in [-0.3, -0.25) is 0 Å². The highest BCUT2D eigenvalue weighted by Gasteiger charge is 2.29. The first kappa shape index (κ1) is 11.3. The van der Waals surface area contributed by atoms with Crippen molar-refractivity contribution >= 4 is 6.09 Å². The summed E-state index contributed by atoms with van der Waals surface area (Å²) in [4.78, 5) is 12.6. The molecule has 0 aromatic heterocycles. The van der Waals surface area contributed by atoms with Crippen molar-refractivity contribution in [2.24, 2.45) is 5.92 Å². The smallest absolute Gasteiger partial charge is 0.407 e. The van der Waals surface area contributed by atoms with Gasteiger partial charge < -0.3 is 15.3 Å². The SMILES string of the molecule is CC(C)(C)N(CC1CCNC1)C(=O)O. The summed E-state index contributed by atoms with van der Waals surface area (Å²) >= 11 is 0. The maximum absolute atomic E-state index is 11.0. The number of hydrogen-bond acceptors (Lipinski definition) is 2. The molecule has 1 amide bonds. The number of hydrogen-bond donors (Lipinski definition) is 2. The number of carbonyl (C=O) groups is 1. The van der Waals surface area contributed by atoms with E-state index in [1.165, 1.54) is 4.90 Å². The minimum absolute atomic E-state index is 0.297. The molecule has 0 bridgehead atoms. The van der Waals surface area contributed by atoms with Gasteiger partial charge in [0.05, 0.1) is 0 Å². The molecule has 0 spiro atoms. The maximum atomic E-state index is 11.0. The largest absolute Gasteiger partial charge is 0.465 e. The number of amides is 1. The second kappa shape index (κ2) is 4.17. The summed E-state index contributed by atoms with van der Waals surface area (Å²) in [6.07, 6.45) is 0.268. The summed E-state index contributed by atoms with van der Waals surface area (Å²) < 4.78 is 0. The van der Waals surface area contributed by atoms with E-state index in [-0.39, 0.29) is 5.54 Å². The van der Waals surface area contributed by atoms with Gasteiger partial charge >= 0.3 is 6.09 Å². The standard InChI is InChI=1S/C10H20N2O2/c1-10(2,3)12(9(13)14)7-8-4-5-11-6-8/h8,11H,4-7H2,1-3H3,(H,13,14). The van der Waals surface area contributed by atoms with Gasteiger partial charge in [0.2, 0.25) is 0 Å². The van der Waals surface area contributed by atoms with Crippen LogP contribution in [0.2, 0.25) is 0 Å². The molecule has 0 saturated carbocycles. The lowest BCUT2D eigenvalue weighted by molar-refractivity contribution is 0.0907. The highest BCUT2D eigenvalue weighted by atomic mass is 16.4. The number of nitrogens with zero attached hydrogens (tertiary/aromatic N) is 1. The van der Waals surface area contributed by atoms with Crippen LogP contribution in [-0.2, 0) is 0 Å². The minimum atomic E-state index is -0.815. The molecule has 1 saturated heterocycles. The fourth-order valence-electron chi connectivity index (χ4n) is 1.77. The van der Waals surface area contributed by atoms with Gasteiger partial charge in [-0.05, 0) is 46.2 Å². The van der Waals surface area contributed by atoms with Gasteiger partial charge in [-0.1, -0.05) is 0 Å². The summed E-state index contributed by atoms with van der Waals surface area (Å²) in [5, 5.41) is 12.3. The normalized spacial score (nSPS) is 22.4. The molecule has 0 aromatic carbocycles. The van der Waals surface area contributed by atoms with Gasteiger partial charge in [-0.25, -0.2) is 4.79 Å². The fraction of sp³-hybridized carbons (Fsp3) is 0.900. The second-order valence-corrected chi connectivity index (χ2v) is 4.92. The van der Waals surface area contributed by atoms with Crippen molar-refractivity contribution in [3.8, 4) is 0 Å². The predicted molar refractivity (Wildman–Crippen MR) is 55.5 cm³/mol. The molecular formula is C10H20N2O2. The van der Waals surface area contributed by atoms with E-state index in [0.29, 0.717) is 12.5 Å². The van der Waals surface area contributed by atoms with Crippen LogP contribution in [0, 0.1) is 5.92 Å². The molecule has 1 aliphatic rings. The van der Waals surface area contributed by atoms with Crippen molar-refractivity contribution in [2.75, 3.05) is 19.6 Å². The van der Waals surface area contributed by atoms with E-state index in [1.54, 1.807) is 0 Å². The Morgan fingerprint density at radius 3 is 2.57 bits per heavy atom. The second-order valence-electron chi connectivity index (χ2n) is 4.92. The van der Waals surface area contributed by atoms with Crippen molar-refractivity contribution in [1.82, 2.24) is 10.2 Å². The average molecular weight is 200 g/mol. The lowest BCUT2D eigenvalue weighted by Crippen LogP contribution is -2.47. The Labute approximate surface area is 85.3 Å². The molecule has 0 radical (unpaired) electrons. The van der Waals surface area contributed by atoms with Crippen molar-refractivity contribution in [2.45, 2.75) is 32.7 Å². The van der Waals surface area contributed by atoms with Crippen molar-refractivity contribution in [1.29, 1.82) is 0 Å². The van der Waals surface area contributed by atoms with Crippen LogP contribution in [0.4, 0.5) is 4.79 Å². The van der Waals surface area contributed by atoms with Gasteiger partial charge in [0.1, 0.15) is 0 Å². The zero-order chi connectivity index (χ0) is 10.8. The third kappa shape index (κ3) is 2.87. The molecule has 4 heteroatoms. The molecule has 1 atom stereocenters. The summed E-state index contributed by atoms with van der Waals surface area (Å²) in [7, 11) is 0. The van der Waals surface area contributed by atoms with E-state index in [0.717, 1.165) is 19.5 Å². The monoisotopic (exact) mass is 200 g/mol. The molecule has 0 aliphatic carbocycles. The topological polar surface area (TPSA) is 52.6 Å². The van der Waals surface area contributed by atoms with Crippen molar-refractivity contribution < 1.29 is 9.90 Å². The molecule has 1 rings (SSSR count). The molecule has 14 heavy (non-hydrogen) atoms. The van der Waals surface area contributed by atoms with Crippen LogP contribution in [0.15, 0.2) is 0 Å². The first-order valence-corrected chi connectivity index (χ1v) is 5.12. The summed E-state index contributed by atoms with van der Waals surface area (Å²) in [5.74, 6) is 0.477. The van der Waals surface area contributed by atoms with Crippen LogP contribution in [-0.4, -0.2) is 41.3 Å². The molecule has 1 aliphatic heterocycles. The highest BCUT2D eigenvalue weighted by Crippen LogP contribution is 2.18. The van der Waals surface area contributed by atoms with E-state index >= 15 is 0 Å². The van der Waals surface area contributed by atoms with Crippen LogP contribution in [0.1, 0.15) is 27.2 Å². The number of carboxylic acid groups (broad SMARTS) is 1. The van der Waals surface area contributed by atoms with Crippen molar-refractivity contribution in [3.05, 3.63) is 0 Å². The van der Waals surface area contributed by atoms with E-state index in [4.69, 9.17) is 5.11 Å². The van der Waals surface area contributed by atoms with Crippen LogP contribution >= 0.6 is 0 Å². The lowest BCUT2D eigenvalue weighted by Gasteiger charge is -2.34. The van der Waals surface area contributed by atoms with Crippen LogP contribution in [0.25, 0.3) is 0 Å². The van der Waals surface area contributed by atoms with Gasteiger partial charge in [-0.2, -0.15) is 0 Å². The van der Waals surface area contributed by atoms with Gasteiger partial charge in [-0.15, -0.1) is 0 Å². The molecule has 1 fully saturated rings. The molecule has 0 aromatic rings. The van der Waals surface area contributed by atoms with Crippen LogP contribution < -0.4 is 5.32 Å². The zero-order valence-electron chi connectivity index (χ0n) is 9.21. The minimum Gasteiger partial charge on any atom is -0.465 e. The summed E-state index contributed by atoms with van der Waals surface area (Å²) in [6, 6.07) is 0. The average Bonchev–Trinajstić information content (AvgIpc) is 2.48. The number of rotatable bonds is 2. The first-order chi connectivity index (χ1) is 6.41. The Kier molecular flexibility index (Phi) is 3.37. The Bertz CT molecular complexity index is 205. The Balaban J connectivity index is 2.55. The van der Waals surface area contributed by atoms with E-state index < -0.39 is 6.09 Å². The summed E-state index contributed by atoms with van der Waals surface area (Å²) in [6.45, 7) is 8.41. The molecule has 4 nitrogen and oxygen atoms in total. The van der Waals surface area contributed by atoms with Crippen molar-refractivity contribution in [3.63, 3.8) is 0 Å². The molecule has 2 N–H and O–H groups in total. The molecule has 1 unspecified atom stereocenters. The van der Waals surface area contributed by atoms with Gasteiger partial charge in [0.25, 0.3) is 0 Å². The zero-order valence-corrected chi connectivity index (χ0v) is 9.21. The van der Waals surface area contributed by atoms with E-state index in [1.807, 2.05) is 20.8 Å². The lowest BCUT2D eigenvalue weighted by atomic mass is 10.0. The van der Waals surface area contributed by atoms with Crippen LogP contribution in [0.3, 0.4) is 0 Å².